The quantitative estimate of drug-likeness (QED) is 0.334. The van der Waals surface area contributed by atoms with E-state index >= 15 is 0 Å². The van der Waals surface area contributed by atoms with E-state index in [1.165, 1.54) is 0 Å². The number of carbonyl (C=O) groups excluding carboxylic acids is 5. The molecule has 1 aliphatic heterocycles. The number of fused-ring (bicyclic) bond motifs is 1. The Morgan fingerprint density at radius 2 is 1.56 bits per heavy atom. The van der Waals surface area contributed by atoms with Gasteiger partial charge in [-0.1, -0.05) is 54.6 Å². The summed E-state index contributed by atoms with van der Waals surface area (Å²) in [5.74, 6) is -3.54. The molecule has 1 aliphatic carbocycles. The predicted octanol–water partition coefficient (Wildman–Crippen LogP) is 2.61. The topological polar surface area (TPSA) is 122 Å². The van der Waals surface area contributed by atoms with E-state index in [1.54, 1.807) is 24.3 Å². The third-order valence-electron chi connectivity index (χ3n) is 6.34. The van der Waals surface area contributed by atoms with Gasteiger partial charge < -0.3 is 15.4 Å². The van der Waals surface area contributed by atoms with Gasteiger partial charge in [0.2, 0.25) is 11.8 Å². The molecule has 0 spiro atoms. The fourth-order valence-electron chi connectivity index (χ4n) is 4.42. The van der Waals surface area contributed by atoms with E-state index in [9.17, 15) is 24.0 Å². The molecule has 0 bridgehead atoms. The van der Waals surface area contributed by atoms with E-state index in [4.69, 9.17) is 4.74 Å². The summed E-state index contributed by atoms with van der Waals surface area (Å²) in [4.78, 5) is 63.4. The Morgan fingerprint density at radius 3 is 2.22 bits per heavy atom. The standard InChI is InChI=1S/C27H27N3O6/c1-17(18-9-3-2-4-10-18)28-25(33)21-13-7-8-14-22(21)29-23(31)16-36-24(32)15-30-26(34)19-11-5-6-12-20(19)27(30)35/h2-10,13-14,17,19-20H,11-12,15-16H2,1H3,(H,28,33)(H,29,31)/t17-,19-,20-/m0/s1. The fraction of sp³-hybridized carbons (Fsp3) is 0.296. The summed E-state index contributed by atoms with van der Waals surface area (Å²) in [6.07, 6.45) is 4.67. The zero-order valence-electron chi connectivity index (χ0n) is 19.8. The molecule has 2 aromatic carbocycles. The van der Waals surface area contributed by atoms with Crippen LogP contribution in [-0.2, 0) is 23.9 Å². The molecular weight excluding hydrogens is 462 g/mol. The van der Waals surface area contributed by atoms with Crippen molar-refractivity contribution in [1.29, 1.82) is 0 Å². The predicted molar refractivity (Wildman–Crippen MR) is 130 cm³/mol. The lowest BCUT2D eigenvalue weighted by Gasteiger charge is -2.17. The van der Waals surface area contributed by atoms with Crippen LogP contribution in [0.4, 0.5) is 5.69 Å². The van der Waals surface area contributed by atoms with Crippen LogP contribution in [0.25, 0.3) is 0 Å². The van der Waals surface area contributed by atoms with E-state index < -0.39 is 36.9 Å². The zero-order valence-corrected chi connectivity index (χ0v) is 19.8. The molecule has 2 aliphatic rings. The molecule has 186 valence electrons. The Morgan fingerprint density at radius 1 is 0.944 bits per heavy atom. The van der Waals surface area contributed by atoms with Crippen LogP contribution < -0.4 is 10.6 Å². The maximum atomic E-state index is 12.8. The molecule has 1 saturated heterocycles. The van der Waals surface area contributed by atoms with Crippen LogP contribution in [0.5, 0.6) is 0 Å². The van der Waals surface area contributed by atoms with E-state index in [2.05, 4.69) is 10.6 Å². The van der Waals surface area contributed by atoms with Gasteiger partial charge in [0.25, 0.3) is 11.8 Å². The molecule has 4 amide bonds. The first-order chi connectivity index (χ1) is 17.3. The van der Waals surface area contributed by atoms with Gasteiger partial charge in [0.15, 0.2) is 6.61 Å². The van der Waals surface area contributed by atoms with Crippen LogP contribution in [-0.4, -0.2) is 47.6 Å². The lowest BCUT2D eigenvalue weighted by atomic mass is 9.85. The summed E-state index contributed by atoms with van der Waals surface area (Å²) in [5.41, 5.74) is 1.45. The number of benzene rings is 2. The SMILES string of the molecule is C[C@H](NC(=O)c1ccccc1NC(=O)COC(=O)CN1C(=O)[C@H]2CC=CC[C@@H]2C1=O)c1ccccc1. The Balaban J connectivity index is 1.30. The highest BCUT2D eigenvalue weighted by atomic mass is 16.5. The van der Waals surface area contributed by atoms with Gasteiger partial charge in [-0.3, -0.25) is 28.9 Å². The fourth-order valence-corrected chi connectivity index (χ4v) is 4.42. The number of likely N-dealkylation sites (tertiary alicyclic amines) is 1. The molecule has 36 heavy (non-hydrogen) atoms. The number of allylic oxidation sites excluding steroid dienone is 2. The van der Waals surface area contributed by atoms with Gasteiger partial charge in [0.1, 0.15) is 6.54 Å². The van der Waals surface area contributed by atoms with E-state index in [0.29, 0.717) is 12.8 Å². The Kier molecular flexibility index (Phi) is 7.58. The van der Waals surface area contributed by atoms with Crippen molar-refractivity contribution in [3.63, 3.8) is 0 Å². The summed E-state index contributed by atoms with van der Waals surface area (Å²) >= 11 is 0. The van der Waals surface area contributed by atoms with Crippen molar-refractivity contribution in [1.82, 2.24) is 10.2 Å². The molecular formula is C27H27N3O6. The minimum atomic E-state index is -0.860. The highest BCUT2D eigenvalue weighted by molar-refractivity contribution is 6.07. The Labute approximate surface area is 208 Å². The van der Waals surface area contributed by atoms with Gasteiger partial charge in [0.05, 0.1) is 29.1 Å². The molecule has 2 N–H and O–H groups in total. The number of nitrogens with one attached hydrogen (secondary N) is 2. The van der Waals surface area contributed by atoms with Crippen molar-refractivity contribution in [2.75, 3.05) is 18.5 Å². The molecule has 0 aromatic heterocycles. The molecule has 4 rings (SSSR count). The van der Waals surface area contributed by atoms with Crippen LogP contribution in [0.1, 0.15) is 41.7 Å². The number of anilines is 1. The van der Waals surface area contributed by atoms with Crippen molar-refractivity contribution < 1.29 is 28.7 Å². The third-order valence-corrected chi connectivity index (χ3v) is 6.34. The molecule has 2 aromatic rings. The maximum Gasteiger partial charge on any atom is 0.326 e. The molecule has 3 atom stereocenters. The first-order valence-corrected chi connectivity index (χ1v) is 11.8. The van der Waals surface area contributed by atoms with Crippen molar-refractivity contribution in [2.24, 2.45) is 11.8 Å². The first kappa shape index (κ1) is 24.8. The average molecular weight is 490 g/mol. The van der Waals surface area contributed by atoms with Gasteiger partial charge in [0, 0.05) is 0 Å². The highest BCUT2D eigenvalue weighted by Gasteiger charge is 2.47. The molecule has 0 radical (unpaired) electrons. The van der Waals surface area contributed by atoms with Crippen molar-refractivity contribution in [3.8, 4) is 0 Å². The Bertz CT molecular complexity index is 1180. The lowest BCUT2D eigenvalue weighted by molar-refractivity contribution is -0.154. The first-order valence-electron chi connectivity index (χ1n) is 11.8. The normalized spacial score (nSPS) is 19.4. The second-order valence-corrected chi connectivity index (χ2v) is 8.78. The summed E-state index contributed by atoms with van der Waals surface area (Å²) in [6.45, 7) is 0.698. The van der Waals surface area contributed by atoms with E-state index in [-0.39, 0.29) is 35.0 Å². The van der Waals surface area contributed by atoms with Crippen molar-refractivity contribution >= 4 is 35.3 Å². The van der Waals surface area contributed by atoms with Crippen molar-refractivity contribution in [3.05, 3.63) is 77.9 Å². The minimum Gasteiger partial charge on any atom is -0.454 e. The van der Waals surface area contributed by atoms with Crippen LogP contribution in [0, 0.1) is 11.8 Å². The van der Waals surface area contributed by atoms with Gasteiger partial charge in [-0.25, -0.2) is 0 Å². The van der Waals surface area contributed by atoms with Crippen LogP contribution in [0.3, 0.4) is 0 Å². The second kappa shape index (κ2) is 11.0. The number of esters is 1. The number of nitrogens with zero attached hydrogens (tertiary/aromatic N) is 1. The van der Waals surface area contributed by atoms with E-state index in [1.807, 2.05) is 49.4 Å². The van der Waals surface area contributed by atoms with Gasteiger partial charge in [-0.15, -0.1) is 0 Å². The molecule has 0 unspecified atom stereocenters. The van der Waals surface area contributed by atoms with Crippen LogP contribution >= 0.6 is 0 Å². The second-order valence-electron chi connectivity index (χ2n) is 8.78. The molecule has 1 heterocycles. The highest BCUT2D eigenvalue weighted by Crippen LogP contribution is 2.34. The number of hydrogen-bond donors (Lipinski definition) is 2. The van der Waals surface area contributed by atoms with Crippen LogP contribution in [0.15, 0.2) is 66.7 Å². The summed E-state index contributed by atoms with van der Waals surface area (Å²) in [7, 11) is 0. The van der Waals surface area contributed by atoms with Gasteiger partial charge in [-0.05, 0) is 37.5 Å². The summed E-state index contributed by atoms with van der Waals surface area (Å²) in [6, 6.07) is 15.7. The monoisotopic (exact) mass is 489 g/mol. The summed E-state index contributed by atoms with van der Waals surface area (Å²) in [5, 5.41) is 5.48. The number of hydrogen-bond acceptors (Lipinski definition) is 6. The molecule has 1 fully saturated rings. The number of imide groups is 1. The largest absolute Gasteiger partial charge is 0.454 e. The number of amides is 4. The van der Waals surface area contributed by atoms with Crippen LogP contribution in [0.2, 0.25) is 0 Å². The minimum absolute atomic E-state index is 0.251. The van der Waals surface area contributed by atoms with Crippen molar-refractivity contribution in [2.45, 2.75) is 25.8 Å². The smallest absolute Gasteiger partial charge is 0.326 e. The third kappa shape index (κ3) is 5.51. The number of rotatable bonds is 8. The summed E-state index contributed by atoms with van der Waals surface area (Å²) < 4.78 is 5.00. The Hall–Kier alpha value is -4.27. The molecule has 0 saturated carbocycles. The number of carbonyl (C=O) groups is 5. The maximum absolute atomic E-state index is 12.8. The molecule has 9 nitrogen and oxygen atoms in total. The number of ether oxygens (including phenoxy) is 1. The van der Waals surface area contributed by atoms with Gasteiger partial charge >= 0.3 is 5.97 Å². The van der Waals surface area contributed by atoms with Gasteiger partial charge in [-0.2, -0.15) is 0 Å². The lowest BCUT2D eigenvalue weighted by Crippen LogP contribution is -2.37. The number of para-hydroxylation sites is 1. The van der Waals surface area contributed by atoms with E-state index in [0.717, 1.165) is 10.5 Å². The average Bonchev–Trinajstić information content (AvgIpc) is 3.13. The molecule has 9 heteroatoms. The zero-order chi connectivity index (χ0) is 25.7.